The normalized spacial score (nSPS) is 16.9. The van der Waals surface area contributed by atoms with Gasteiger partial charge in [-0.3, -0.25) is 0 Å². The van der Waals surface area contributed by atoms with Crippen molar-refractivity contribution in [2.24, 2.45) is 5.92 Å². The zero-order valence-electron chi connectivity index (χ0n) is 27.3. The van der Waals surface area contributed by atoms with Crippen LogP contribution in [0, 0.1) is 5.92 Å². The number of benzene rings is 2. The summed E-state index contributed by atoms with van der Waals surface area (Å²) in [4.78, 5) is 0. The van der Waals surface area contributed by atoms with Gasteiger partial charge in [-0.1, -0.05) is 57.0 Å². The van der Waals surface area contributed by atoms with Crippen molar-refractivity contribution in [3.63, 3.8) is 0 Å². The largest absolute Gasteiger partial charge is 0.491 e. The molecule has 1 unspecified atom stereocenters. The van der Waals surface area contributed by atoms with Crippen LogP contribution in [-0.2, 0) is 11.2 Å². The quantitative estimate of drug-likeness (QED) is 0.169. The zero-order valence-corrected chi connectivity index (χ0v) is 27.3. The Morgan fingerprint density at radius 1 is 0.837 bits per heavy atom. The molecule has 2 aromatic rings. The molecule has 2 saturated carbocycles. The van der Waals surface area contributed by atoms with Crippen molar-refractivity contribution in [2.75, 3.05) is 39.5 Å². The monoisotopic (exact) mass is 598 g/mol. The molecule has 43 heavy (non-hydrogen) atoms. The average molecular weight is 599 g/mol. The molecule has 0 bridgehead atoms. The van der Waals surface area contributed by atoms with Crippen LogP contribution in [0.1, 0.15) is 90.2 Å². The molecule has 4 rings (SSSR count). The Kier molecular flexibility index (Phi) is 15.3. The van der Waals surface area contributed by atoms with Crippen LogP contribution in [0.2, 0.25) is 0 Å². The number of aliphatic hydroxyl groups is 2. The standard InChI is InChI=1S/C18H29NO3.C18H29NO2/c1-14(2)19-11-17(20)13-22-18-7-5-15(6-8-18)9-10-21-12-16-3-4-16;1-18(2,3)19-12-15(20)13-21-17-11-7-6-10-16(17)14-8-4-5-9-14/h5-8,14,16-17,19-20H,3-4,9-13H2,1-2H3;6-7,10-11,14-15,19-20H,4-5,8-9,12-13H2,1-3H3/t;15-/m.0/s1. The molecular formula is C36H58N2O5. The van der Waals surface area contributed by atoms with Gasteiger partial charge in [0.05, 0.1) is 6.61 Å². The minimum absolute atomic E-state index is 0.0166. The molecule has 0 aromatic heterocycles. The van der Waals surface area contributed by atoms with Crippen LogP contribution >= 0.6 is 0 Å². The summed E-state index contributed by atoms with van der Waals surface area (Å²) in [6.07, 6.45) is 7.79. The summed E-state index contributed by atoms with van der Waals surface area (Å²) in [5, 5.41) is 26.3. The molecule has 0 radical (unpaired) electrons. The van der Waals surface area contributed by atoms with Gasteiger partial charge in [-0.15, -0.1) is 0 Å². The van der Waals surface area contributed by atoms with Gasteiger partial charge in [0.15, 0.2) is 0 Å². The Balaban J connectivity index is 0.000000236. The maximum Gasteiger partial charge on any atom is 0.122 e. The van der Waals surface area contributed by atoms with Gasteiger partial charge < -0.3 is 35.1 Å². The van der Waals surface area contributed by atoms with Crippen LogP contribution < -0.4 is 20.1 Å². The van der Waals surface area contributed by atoms with Gasteiger partial charge in [0.25, 0.3) is 0 Å². The highest BCUT2D eigenvalue weighted by Crippen LogP contribution is 2.38. The maximum atomic E-state index is 10.0. The minimum atomic E-state index is -0.488. The molecule has 4 N–H and O–H groups in total. The van der Waals surface area contributed by atoms with Crippen molar-refractivity contribution in [2.45, 2.75) is 109 Å². The van der Waals surface area contributed by atoms with Gasteiger partial charge in [-0.2, -0.15) is 0 Å². The molecule has 0 heterocycles. The van der Waals surface area contributed by atoms with Gasteiger partial charge >= 0.3 is 0 Å². The number of hydrogen-bond acceptors (Lipinski definition) is 7. The lowest BCUT2D eigenvalue weighted by Gasteiger charge is -2.23. The highest BCUT2D eigenvalue weighted by Gasteiger charge is 2.22. The number of para-hydroxylation sites is 1. The maximum absolute atomic E-state index is 10.0. The van der Waals surface area contributed by atoms with Crippen molar-refractivity contribution < 1.29 is 24.4 Å². The summed E-state index contributed by atoms with van der Waals surface area (Å²) in [7, 11) is 0. The van der Waals surface area contributed by atoms with Gasteiger partial charge in [-0.25, -0.2) is 0 Å². The summed E-state index contributed by atoms with van der Waals surface area (Å²) in [6, 6.07) is 16.7. The van der Waals surface area contributed by atoms with Crippen molar-refractivity contribution >= 4 is 0 Å². The van der Waals surface area contributed by atoms with Crippen LogP contribution in [0.5, 0.6) is 11.5 Å². The summed E-state index contributed by atoms with van der Waals surface area (Å²) in [5.41, 5.74) is 2.58. The fourth-order valence-electron chi connectivity index (χ4n) is 4.95. The first-order chi connectivity index (χ1) is 20.6. The van der Waals surface area contributed by atoms with Gasteiger partial charge in [-0.05, 0) is 94.0 Å². The van der Waals surface area contributed by atoms with E-state index >= 15 is 0 Å². The lowest BCUT2D eigenvalue weighted by molar-refractivity contribution is 0.0993. The predicted octanol–water partition coefficient (Wildman–Crippen LogP) is 5.87. The van der Waals surface area contributed by atoms with E-state index < -0.39 is 12.2 Å². The SMILES string of the molecule is CC(C)(C)NC[C@H](O)COc1ccccc1C1CCCC1.CC(C)NCC(O)COc1ccc(CCOCC2CC2)cc1. The smallest absolute Gasteiger partial charge is 0.122 e. The van der Waals surface area contributed by atoms with E-state index in [1.165, 1.54) is 49.7 Å². The van der Waals surface area contributed by atoms with E-state index in [0.29, 0.717) is 38.3 Å². The second-order valence-corrected chi connectivity index (χ2v) is 13.6. The Bertz CT molecular complexity index is 1010. The molecule has 0 amide bonds. The molecule has 7 heteroatoms. The minimum Gasteiger partial charge on any atom is -0.491 e. The second kappa shape index (κ2) is 18.6. The number of ether oxygens (including phenoxy) is 3. The lowest BCUT2D eigenvalue weighted by atomic mass is 9.97. The second-order valence-electron chi connectivity index (χ2n) is 13.6. The number of rotatable bonds is 17. The molecule has 7 nitrogen and oxygen atoms in total. The van der Waals surface area contributed by atoms with Crippen molar-refractivity contribution in [3.8, 4) is 11.5 Å². The first-order valence-corrected chi connectivity index (χ1v) is 16.4. The fraction of sp³-hybridized carbons (Fsp3) is 0.667. The number of nitrogens with one attached hydrogen (secondary N) is 2. The van der Waals surface area contributed by atoms with Gasteiger partial charge in [0, 0.05) is 31.3 Å². The molecule has 242 valence electrons. The van der Waals surface area contributed by atoms with E-state index in [2.05, 4.69) is 69.5 Å². The Labute approximate surface area is 260 Å². The molecule has 2 atom stereocenters. The third kappa shape index (κ3) is 15.4. The highest BCUT2D eigenvalue weighted by molar-refractivity contribution is 5.36. The number of hydrogen-bond donors (Lipinski definition) is 4. The lowest BCUT2D eigenvalue weighted by Crippen LogP contribution is -2.42. The molecule has 2 fully saturated rings. The predicted molar refractivity (Wildman–Crippen MR) is 175 cm³/mol. The van der Waals surface area contributed by atoms with E-state index in [9.17, 15) is 10.2 Å². The third-order valence-corrected chi connectivity index (χ3v) is 7.73. The topological polar surface area (TPSA) is 92.2 Å². The summed E-state index contributed by atoms with van der Waals surface area (Å²) < 4.78 is 17.1. The van der Waals surface area contributed by atoms with Gasteiger partial charge in [0.1, 0.15) is 36.9 Å². The Hall–Kier alpha value is -2.16. The van der Waals surface area contributed by atoms with Crippen LogP contribution in [0.4, 0.5) is 0 Å². The Morgan fingerprint density at radius 2 is 1.49 bits per heavy atom. The number of β-amino-alcohol motifs (C(OH)–C–C–N with tert-alkyl or cyclic N) is 1. The fourth-order valence-corrected chi connectivity index (χ4v) is 4.95. The molecule has 0 spiro atoms. The zero-order chi connectivity index (χ0) is 31.1. The van der Waals surface area contributed by atoms with E-state index in [4.69, 9.17) is 14.2 Å². The molecular weight excluding hydrogens is 540 g/mol. The van der Waals surface area contributed by atoms with Crippen LogP contribution in [0.3, 0.4) is 0 Å². The first-order valence-electron chi connectivity index (χ1n) is 16.4. The van der Waals surface area contributed by atoms with Crippen molar-refractivity contribution in [1.82, 2.24) is 10.6 Å². The number of aliphatic hydroxyl groups excluding tert-OH is 2. The van der Waals surface area contributed by atoms with E-state index in [1.807, 2.05) is 24.3 Å². The third-order valence-electron chi connectivity index (χ3n) is 7.73. The van der Waals surface area contributed by atoms with Gasteiger partial charge in [0.2, 0.25) is 0 Å². The van der Waals surface area contributed by atoms with E-state index in [0.717, 1.165) is 37.1 Å². The van der Waals surface area contributed by atoms with E-state index in [-0.39, 0.29) is 5.54 Å². The molecule has 0 aliphatic heterocycles. The van der Waals surface area contributed by atoms with Crippen molar-refractivity contribution in [1.29, 1.82) is 0 Å². The molecule has 2 aromatic carbocycles. The molecule has 0 saturated heterocycles. The van der Waals surface area contributed by atoms with E-state index in [1.54, 1.807) is 0 Å². The summed E-state index contributed by atoms with van der Waals surface area (Å²) in [6.45, 7) is 13.8. The summed E-state index contributed by atoms with van der Waals surface area (Å²) >= 11 is 0. The summed E-state index contributed by atoms with van der Waals surface area (Å²) in [5.74, 6) is 3.20. The highest BCUT2D eigenvalue weighted by atomic mass is 16.5. The Morgan fingerprint density at radius 3 is 2.14 bits per heavy atom. The van der Waals surface area contributed by atoms with Crippen LogP contribution in [0.15, 0.2) is 48.5 Å². The molecule has 2 aliphatic rings. The average Bonchev–Trinajstić information content (AvgIpc) is 3.65. The first kappa shape index (κ1) is 35.3. The van der Waals surface area contributed by atoms with Crippen LogP contribution in [0.25, 0.3) is 0 Å². The van der Waals surface area contributed by atoms with Crippen molar-refractivity contribution in [3.05, 3.63) is 59.7 Å². The molecule has 2 aliphatic carbocycles. The van der Waals surface area contributed by atoms with Crippen LogP contribution in [-0.4, -0.2) is 73.5 Å².